The summed E-state index contributed by atoms with van der Waals surface area (Å²) in [5.74, 6) is 0. The van der Waals surface area contributed by atoms with Gasteiger partial charge in [-0.3, -0.25) is 0 Å². The van der Waals surface area contributed by atoms with Crippen LogP contribution < -0.4 is 15.9 Å². The molecule has 180 valence electrons. The van der Waals surface area contributed by atoms with Gasteiger partial charge in [-0.2, -0.15) is 0 Å². The van der Waals surface area contributed by atoms with Crippen LogP contribution >= 0.6 is 20.8 Å². The van der Waals surface area contributed by atoms with Gasteiger partial charge in [-0.15, -0.1) is 0 Å². The van der Waals surface area contributed by atoms with Crippen LogP contribution in [-0.4, -0.2) is 6.66 Å². The number of hydrogen-bond donors (Lipinski definition) is 0. The van der Waals surface area contributed by atoms with Crippen LogP contribution in [0.15, 0.2) is 103 Å². The normalized spacial score (nSPS) is 17.7. The van der Waals surface area contributed by atoms with Gasteiger partial charge >= 0.3 is 220 Å². The quantitative estimate of drug-likeness (QED) is 0.227. The van der Waals surface area contributed by atoms with Crippen molar-refractivity contribution in [1.29, 1.82) is 0 Å². The van der Waals surface area contributed by atoms with Crippen molar-refractivity contribution in [2.45, 2.75) is 51.4 Å². The molecule has 0 saturated heterocycles. The van der Waals surface area contributed by atoms with Crippen LogP contribution in [0.3, 0.4) is 0 Å². The molecule has 0 bridgehead atoms. The van der Waals surface area contributed by atoms with Gasteiger partial charge in [0.05, 0.1) is 0 Å². The first-order valence-electron chi connectivity index (χ1n) is 12.6. The standard InChI is InChI=1S/C33H36BrP/c1-32(2)22-23-33(3,4)30-24-25(20-21-29(30)32)28-18-12-13-19-31(28)35(5,34,26-14-8-6-9-15-26)27-16-10-7-11-17-27/h6-21,24H,22-23H2,1-5H3. The van der Waals surface area contributed by atoms with E-state index in [2.05, 4.69) is 153 Å². The molecule has 1 aliphatic carbocycles. The van der Waals surface area contributed by atoms with Gasteiger partial charge in [-0.25, -0.2) is 0 Å². The maximum absolute atomic E-state index is 4.51. The zero-order valence-corrected chi connectivity index (χ0v) is 24.0. The van der Waals surface area contributed by atoms with Crippen molar-refractivity contribution in [3.05, 3.63) is 114 Å². The van der Waals surface area contributed by atoms with Gasteiger partial charge in [0, 0.05) is 0 Å². The molecule has 1 aliphatic rings. The van der Waals surface area contributed by atoms with Crippen LogP contribution in [0.2, 0.25) is 0 Å². The molecule has 0 atom stereocenters. The summed E-state index contributed by atoms with van der Waals surface area (Å²) in [6.45, 7) is 12.1. The fourth-order valence-electron chi connectivity index (χ4n) is 5.93. The van der Waals surface area contributed by atoms with Crippen LogP contribution in [0, 0.1) is 0 Å². The minimum atomic E-state index is -2.91. The molecule has 0 unspecified atom stereocenters. The van der Waals surface area contributed by atoms with Crippen molar-refractivity contribution in [3.8, 4) is 11.1 Å². The van der Waals surface area contributed by atoms with Gasteiger partial charge in [-0.1, -0.05) is 0 Å². The second-order valence-corrected chi connectivity index (χ2v) is 21.3. The van der Waals surface area contributed by atoms with Crippen molar-refractivity contribution in [1.82, 2.24) is 0 Å². The fraction of sp³-hybridized carbons (Fsp3) is 0.273. The second-order valence-electron chi connectivity index (χ2n) is 11.6. The van der Waals surface area contributed by atoms with E-state index in [9.17, 15) is 0 Å². The average molecular weight is 544 g/mol. The molecule has 0 nitrogen and oxygen atoms in total. The summed E-state index contributed by atoms with van der Waals surface area (Å²) in [4.78, 5) is 0. The Kier molecular flexibility index (Phi) is 5.90. The maximum atomic E-state index is 4.51. The van der Waals surface area contributed by atoms with Crippen molar-refractivity contribution < 1.29 is 0 Å². The molecule has 0 spiro atoms. The molecular formula is C33H36BrP. The number of benzene rings is 4. The SMILES string of the molecule is CC1(C)CCC(C)(C)c2cc(-c3ccccc3P(C)(Br)(c3ccccc3)c3ccccc3)ccc21. The van der Waals surface area contributed by atoms with Crippen LogP contribution in [0.1, 0.15) is 51.7 Å². The first-order valence-corrected chi connectivity index (χ1v) is 17.3. The Labute approximate surface area is 219 Å². The van der Waals surface area contributed by atoms with Gasteiger partial charge in [0.2, 0.25) is 0 Å². The number of fused-ring (bicyclic) bond motifs is 1. The average Bonchev–Trinajstić information content (AvgIpc) is 2.88. The van der Waals surface area contributed by atoms with Crippen LogP contribution in [-0.2, 0) is 10.8 Å². The van der Waals surface area contributed by atoms with E-state index in [1.165, 1.54) is 51.0 Å². The van der Waals surface area contributed by atoms with E-state index in [0.29, 0.717) is 0 Å². The summed E-state index contributed by atoms with van der Waals surface area (Å²) in [6, 6.07) is 38.3. The molecule has 0 heterocycles. The van der Waals surface area contributed by atoms with Crippen molar-refractivity contribution in [2.24, 2.45) is 0 Å². The zero-order valence-electron chi connectivity index (χ0n) is 21.6. The Morgan fingerprint density at radius 1 is 0.600 bits per heavy atom. The van der Waals surface area contributed by atoms with Gasteiger partial charge in [-0.05, 0) is 0 Å². The van der Waals surface area contributed by atoms with Gasteiger partial charge < -0.3 is 0 Å². The Morgan fingerprint density at radius 2 is 1.09 bits per heavy atom. The first kappa shape index (κ1) is 24.5. The first-order chi connectivity index (χ1) is 16.5. The molecule has 0 amide bonds. The molecule has 0 fully saturated rings. The van der Waals surface area contributed by atoms with Gasteiger partial charge in [0.15, 0.2) is 0 Å². The van der Waals surface area contributed by atoms with E-state index < -0.39 is 5.31 Å². The van der Waals surface area contributed by atoms with E-state index in [0.717, 1.165) is 0 Å². The van der Waals surface area contributed by atoms with Gasteiger partial charge in [0.1, 0.15) is 0 Å². The monoisotopic (exact) mass is 542 g/mol. The molecule has 2 heteroatoms. The Hall–Kier alpha value is -2.21. The van der Waals surface area contributed by atoms with Crippen molar-refractivity contribution in [2.75, 3.05) is 6.66 Å². The molecule has 35 heavy (non-hydrogen) atoms. The third-order valence-corrected chi connectivity index (χ3v) is 16.6. The molecule has 0 N–H and O–H groups in total. The van der Waals surface area contributed by atoms with E-state index in [1.807, 2.05) is 0 Å². The minimum absolute atomic E-state index is 0.181. The predicted octanol–water partition coefficient (Wildman–Crippen LogP) is 8.47. The summed E-state index contributed by atoms with van der Waals surface area (Å²) < 4.78 is 0. The Balaban J connectivity index is 1.80. The Morgan fingerprint density at radius 3 is 1.66 bits per heavy atom. The molecule has 4 aromatic carbocycles. The van der Waals surface area contributed by atoms with Crippen molar-refractivity contribution >= 4 is 36.7 Å². The van der Waals surface area contributed by atoms with Crippen LogP contribution in [0.5, 0.6) is 0 Å². The van der Waals surface area contributed by atoms with Crippen LogP contribution in [0.25, 0.3) is 11.1 Å². The molecular weight excluding hydrogens is 507 g/mol. The number of halogens is 1. The topological polar surface area (TPSA) is 0 Å². The molecule has 5 rings (SSSR count). The Bertz CT molecular complexity index is 1320. The summed E-state index contributed by atoms with van der Waals surface area (Å²) in [7, 11) is 0. The summed E-state index contributed by atoms with van der Waals surface area (Å²) in [5, 5.41) is 1.16. The van der Waals surface area contributed by atoms with Crippen LogP contribution in [0.4, 0.5) is 0 Å². The van der Waals surface area contributed by atoms with E-state index in [4.69, 9.17) is 0 Å². The third-order valence-electron chi connectivity index (χ3n) is 8.38. The van der Waals surface area contributed by atoms with E-state index in [-0.39, 0.29) is 10.8 Å². The summed E-state index contributed by atoms with van der Waals surface area (Å²) in [6.07, 6.45) is 2.45. The summed E-state index contributed by atoms with van der Waals surface area (Å²) in [5.41, 5.74) is 6.05. The van der Waals surface area contributed by atoms with Gasteiger partial charge in [0.25, 0.3) is 0 Å². The molecule has 4 aromatic rings. The summed E-state index contributed by atoms with van der Waals surface area (Å²) >= 11 is 4.51. The fourth-order valence-corrected chi connectivity index (χ4v) is 12.1. The zero-order chi connectivity index (χ0) is 24.9. The molecule has 0 aliphatic heterocycles. The van der Waals surface area contributed by atoms with E-state index >= 15 is 0 Å². The second kappa shape index (κ2) is 8.43. The van der Waals surface area contributed by atoms with Crippen molar-refractivity contribution in [3.63, 3.8) is 0 Å². The molecule has 0 saturated carbocycles. The number of hydrogen-bond acceptors (Lipinski definition) is 0. The molecule has 0 aromatic heterocycles. The third kappa shape index (κ3) is 3.92. The van der Waals surface area contributed by atoms with E-state index in [1.54, 1.807) is 0 Å². The predicted molar refractivity (Wildman–Crippen MR) is 161 cm³/mol. The number of rotatable bonds is 4. The molecule has 0 radical (unpaired) electrons.